The van der Waals surface area contributed by atoms with Crippen LogP contribution >= 0.6 is 23.2 Å². The Bertz CT molecular complexity index is 1540. The normalized spacial score (nSPS) is 11.0. The first kappa shape index (κ1) is 21.0. The molecule has 0 atom stereocenters. The Kier molecular flexibility index (Phi) is 5.47. The lowest BCUT2D eigenvalue weighted by Crippen LogP contribution is -1.98. The lowest BCUT2D eigenvalue weighted by atomic mass is 10.1. The summed E-state index contributed by atoms with van der Waals surface area (Å²) in [5, 5.41) is 18.7. The molecule has 0 fully saturated rings. The zero-order chi connectivity index (χ0) is 22.9. The number of halogens is 3. The second-order valence-corrected chi connectivity index (χ2v) is 8.04. The fourth-order valence-corrected chi connectivity index (χ4v) is 3.80. The molecule has 0 saturated carbocycles. The highest BCUT2D eigenvalue weighted by Crippen LogP contribution is 2.36. The molecule has 2 heterocycles. The van der Waals surface area contributed by atoms with Crippen LogP contribution in [0, 0.1) is 17.1 Å². The Morgan fingerprint density at radius 1 is 1.06 bits per heavy atom. The van der Waals surface area contributed by atoms with Crippen LogP contribution in [0.15, 0.2) is 65.2 Å². The summed E-state index contributed by atoms with van der Waals surface area (Å²) in [5.74, 6) is -0.101. The van der Waals surface area contributed by atoms with Crippen LogP contribution < -0.4 is 4.74 Å². The van der Waals surface area contributed by atoms with Crippen molar-refractivity contribution in [1.82, 2.24) is 15.2 Å². The summed E-state index contributed by atoms with van der Waals surface area (Å²) in [5.41, 5.74) is 2.23. The third kappa shape index (κ3) is 4.27. The van der Waals surface area contributed by atoms with Gasteiger partial charge in [0.15, 0.2) is 11.6 Å². The molecule has 0 amide bonds. The number of nitrogens with zero attached hydrogens (tertiary/aromatic N) is 3. The van der Waals surface area contributed by atoms with E-state index in [0.29, 0.717) is 5.89 Å². The molecule has 162 valence electrons. The first-order valence-corrected chi connectivity index (χ1v) is 10.5. The summed E-state index contributed by atoms with van der Waals surface area (Å²) >= 11 is 12.2. The molecule has 0 radical (unpaired) electrons. The van der Waals surface area contributed by atoms with Gasteiger partial charge in [0.1, 0.15) is 5.75 Å². The average molecular weight is 479 g/mol. The largest absolute Gasteiger partial charge is 0.453 e. The summed E-state index contributed by atoms with van der Waals surface area (Å²) in [6.45, 7) is 0. The van der Waals surface area contributed by atoms with E-state index in [0.717, 1.165) is 16.5 Å². The minimum atomic E-state index is -0.673. The van der Waals surface area contributed by atoms with Crippen molar-refractivity contribution in [3.05, 3.63) is 93.7 Å². The molecule has 5 aromatic rings. The highest BCUT2D eigenvalue weighted by molar-refractivity contribution is 6.32. The van der Waals surface area contributed by atoms with Crippen LogP contribution in [0.3, 0.4) is 0 Å². The molecule has 1 N–H and O–H groups in total. The predicted molar refractivity (Wildman–Crippen MR) is 122 cm³/mol. The van der Waals surface area contributed by atoms with Gasteiger partial charge in [0, 0.05) is 27.9 Å². The van der Waals surface area contributed by atoms with Crippen LogP contribution in [-0.4, -0.2) is 15.2 Å². The zero-order valence-corrected chi connectivity index (χ0v) is 18.3. The number of H-pyrrole nitrogens is 1. The summed E-state index contributed by atoms with van der Waals surface area (Å²) in [4.78, 5) is 3.13. The van der Waals surface area contributed by atoms with Crippen LogP contribution in [0.1, 0.15) is 17.0 Å². The Hall–Kier alpha value is -3.86. The van der Waals surface area contributed by atoms with Gasteiger partial charge in [0.05, 0.1) is 23.1 Å². The molecular weight excluding hydrogens is 466 g/mol. The smallest absolute Gasteiger partial charge is 0.247 e. The molecule has 6 nitrogen and oxygen atoms in total. The van der Waals surface area contributed by atoms with Gasteiger partial charge in [-0.1, -0.05) is 35.3 Å². The van der Waals surface area contributed by atoms with Crippen molar-refractivity contribution in [1.29, 1.82) is 5.26 Å². The quantitative estimate of drug-likeness (QED) is 0.296. The van der Waals surface area contributed by atoms with Crippen LogP contribution in [-0.2, 0) is 6.42 Å². The number of nitrogens with one attached hydrogen (secondary N) is 1. The standard InChI is InChI=1S/C24H13Cl2FN4O2/c25-17-7-13(12-28)8-18(11-17)32-23-19(26)4-3-15(22(23)27)10-21-30-31-24(33-21)16-2-1-14-5-6-29-20(14)9-16/h1-9,11,29H,10H2. The summed E-state index contributed by atoms with van der Waals surface area (Å²) in [6.07, 6.45) is 1.89. The van der Waals surface area contributed by atoms with Crippen molar-refractivity contribution in [2.75, 3.05) is 0 Å². The number of nitriles is 1. The molecule has 2 aromatic heterocycles. The van der Waals surface area contributed by atoms with Gasteiger partial charge >= 0.3 is 0 Å². The number of rotatable bonds is 5. The monoisotopic (exact) mass is 478 g/mol. The van der Waals surface area contributed by atoms with E-state index in [2.05, 4.69) is 15.2 Å². The number of hydrogen-bond donors (Lipinski definition) is 1. The molecule has 33 heavy (non-hydrogen) atoms. The lowest BCUT2D eigenvalue weighted by molar-refractivity contribution is 0.437. The van der Waals surface area contributed by atoms with Crippen LogP contribution in [0.25, 0.3) is 22.4 Å². The first-order chi connectivity index (χ1) is 16.0. The van der Waals surface area contributed by atoms with Crippen molar-refractivity contribution < 1.29 is 13.5 Å². The van der Waals surface area contributed by atoms with Gasteiger partial charge in [-0.3, -0.25) is 0 Å². The summed E-state index contributed by atoms with van der Waals surface area (Å²) in [6, 6.07) is 17.1. The molecule has 0 spiro atoms. The summed E-state index contributed by atoms with van der Waals surface area (Å²) < 4.78 is 26.7. The minimum Gasteiger partial charge on any atom is -0.453 e. The SMILES string of the molecule is N#Cc1cc(Cl)cc(Oc2c(Cl)ccc(Cc3nnc(-c4ccc5cc[nH]c5c4)o3)c2F)c1. The second kappa shape index (κ2) is 8.58. The molecule has 0 unspecified atom stereocenters. The molecule has 0 aliphatic carbocycles. The molecule has 5 rings (SSSR count). The van der Waals surface area contributed by atoms with E-state index in [4.69, 9.17) is 37.6 Å². The number of ether oxygens (including phenoxy) is 1. The first-order valence-electron chi connectivity index (χ1n) is 9.75. The van der Waals surface area contributed by atoms with E-state index in [1.807, 2.05) is 36.5 Å². The van der Waals surface area contributed by atoms with Crippen molar-refractivity contribution in [2.24, 2.45) is 0 Å². The van der Waals surface area contributed by atoms with Crippen molar-refractivity contribution in [3.63, 3.8) is 0 Å². The number of aromatic nitrogens is 3. The van der Waals surface area contributed by atoms with E-state index in [9.17, 15) is 0 Å². The number of benzene rings is 3. The van der Waals surface area contributed by atoms with E-state index in [1.165, 1.54) is 30.3 Å². The summed E-state index contributed by atoms with van der Waals surface area (Å²) in [7, 11) is 0. The molecule has 0 aliphatic rings. The molecule has 0 bridgehead atoms. The lowest BCUT2D eigenvalue weighted by Gasteiger charge is -2.11. The van der Waals surface area contributed by atoms with Crippen LogP contribution in [0.4, 0.5) is 4.39 Å². The number of hydrogen-bond acceptors (Lipinski definition) is 5. The second-order valence-electron chi connectivity index (χ2n) is 7.20. The van der Waals surface area contributed by atoms with Crippen molar-refractivity contribution in [3.8, 4) is 29.0 Å². The number of fused-ring (bicyclic) bond motifs is 1. The van der Waals surface area contributed by atoms with Crippen molar-refractivity contribution in [2.45, 2.75) is 6.42 Å². The van der Waals surface area contributed by atoms with Gasteiger partial charge in [0.25, 0.3) is 0 Å². The van der Waals surface area contributed by atoms with Crippen molar-refractivity contribution >= 4 is 34.1 Å². The fraction of sp³-hybridized carbons (Fsp3) is 0.0417. The van der Waals surface area contributed by atoms with E-state index in [1.54, 1.807) is 0 Å². The third-order valence-electron chi connectivity index (χ3n) is 4.96. The Balaban J connectivity index is 1.42. The molecule has 9 heteroatoms. The van der Waals surface area contributed by atoms with Gasteiger partial charge in [-0.15, -0.1) is 10.2 Å². The molecular formula is C24H13Cl2FN4O2. The maximum absolute atomic E-state index is 15.3. The maximum Gasteiger partial charge on any atom is 0.247 e. The maximum atomic E-state index is 15.3. The van der Waals surface area contributed by atoms with E-state index < -0.39 is 5.82 Å². The van der Waals surface area contributed by atoms with Crippen LogP contribution in [0.2, 0.25) is 10.0 Å². The molecule has 0 saturated heterocycles. The topological polar surface area (TPSA) is 87.7 Å². The van der Waals surface area contributed by atoms with E-state index in [-0.39, 0.29) is 45.0 Å². The highest BCUT2D eigenvalue weighted by Gasteiger charge is 2.18. The van der Waals surface area contributed by atoms with Gasteiger partial charge in [-0.25, -0.2) is 4.39 Å². The van der Waals surface area contributed by atoms with Gasteiger partial charge in [-0.2, -0.15) is 5.26 Å². The molecule has 3 aromatic carbocycles. The average Bonchev–Trinajstić information content (AvgIpc) is 3.47. The third-order valence-corrected chi connectivity index (χ3v) is 5.48. The minimum absolute atomic E-state index is 0.0378. The zero-order valence-electron chi connectivity index (χ0n) is 16.8. The number of aromatic amines is 1. The fourth-order valence-electron chi connectivity index (χ4n) is 3.39. The Morgan fingerprint density at radius 2 is 1.94 bits per heavy atom. The Morgan fingerprint density at radius 3 is 2.79 bits per heavy atom. The van der Waals surface area contributed by atoms with E-state index >= 15 is 4.39 Å². The van der Waals surface area contributed by atoms with Gasteiger partial charge in [-0.05, 0) is 47.9 Å². The molecule has 0 aliphatic heterocycles. The predicted octanol–water partition coefficient (Wildman–Crippen LogP) is 6.92. The Labute approximate surface area is 197 Å². The van der Waals surface area contributed by atoms with Gasteiger partial charge < -0.3 is 14.1 Å². The highest BCUT2D eigenvalue weighted by atomic mass is 35.5. The van der Waals surface area contributed by atoms with Crippen LogP contribution in [0.5, 0.6) is 11.5 Å². The van der Waals surface area contributed by atoms with Gasteiger partial charge in [0.2, 0.25) is 11.8 Å².